The van der Waals surface area contributed by atoms with E-state index < -0.39 is 0 Å². The van der Waals surface area contributed by atoms with Gasteiger partial charge in [-0.2, -0.15) is 0 Å². The van der Waals surface area contributed by atoms with Gasteiger partial charge < -0.3 is 10.4 Å². The number of carbonyl (C=O) groups is 1. The van der Waals surface area contributed by atoms with Gasteiger partial charge in [-0.05, 0) is 41.8 Å². The SMILES string of the molecule is CNC(=O)/C=C/c1cc(-c2ccccc2)c(C)cc1O. The van der Waals surface area contributed by atoms with Gasteiger partial charge in [0.05, 0.1) is 0 Å². The van der Waals surface area contributed by atoms with E-state index in [1.807, 2.05) is 43.3 Å². The van der Waals surface area contributed by atoms with Crippen molar-refractivity contribution in [2.45, 2.75) is 6.92 Å². The largest absolute Gasteiger partial charge is 0.507 e. The minimum atomic E-state index is -0.203. The number of nitrogens with one attached hydrogen (secondary N) is 1. The molecule has 0 saturated heterocycles. The number of carbonyl (C=O) groups excluding carboxylic acids is 1. The lowest BCUT2D eigenvalue weighted by Gasteiger charge is -2.09. The van der Waals surface area contributed by atoms with Gasteiger partial charge in [0.15, 0.2) is 0 Å². The summed E-state index contributed by atoms with van der Waals surface area (Å²) in [5.41, 5.74) is 3.74. The number of likely N-dealkylation sites (N-methyl/N-ethyl adjacent to an activating group) is 1. The molecular weight excluding hydrogens is 250 g/mol. The van der Waals surface area contributed by atoms with Crippen LogP contribution in [0.2, 0.25) is 0 Å². The maximum atomic E-state index is 11.2. The third-order valence-electron chi connectivity index (χ3n) is 3.12. The maximum Gasteiger partial charge on any atom is 0.243 e. The first kappa shape index (κ1) is 13.9. The second-order valence-electron chi connectivity index (χ2n) is 4.54. The first-order valence-electron chi connectivity index (χ1n) is 6.40. The van der Waals surface area contributed by atoms with Crippen molar-refractivity contribution in [3.05, 3.63) is 59.7 Å². The predicted octanol–water partition coefficient (Wildman–Crippen LogP) is 3.13. The van der Waals surface area contributed by atoms with E-state index in [2.05, 4.69) is 5.32 Å². The molecule has 2 aromatic carbocycles. The Kier molecular flexibility index (Phi) is 4.20. The van der Waals surface area contributed by atoms with Gasteiger partial charge in [0.1, 0.15) is 5.75 Å². The zero-order chi connectivity index (χ0) is 14.5. The molecule has 0 unspecified atom stereocenters. The smallest absolute Gasteiger partial charge is 0.243 e. The Bertz CT molecular complexity index is 646. The fraction of sp³-hybridized carbons (Fsp3) is 0.118. The molecule has 20 heavy (non-hydrogen) atoms. The van der Waals surface area contributed by atoms with Crippen LogP contribution in [0.25, 0.3) is 17.2 Å². The van der Waals surface area contributed by atoms with E-state index in [0.29, 0.717) is 5.56 Å². The van der Waals surface area contributed by atoms with Gasteiger partial charge in [0.2, 0.25) is 5.91 Å². The molecular formula is C17H17NO2. The van der Waals surface area contributed by atoms with E-state index in [4.69, 9.17) is 0 Å². The topological polar surface area (TPSA) is 49.3 Å². The van der Waals surface area contributed by atoms with Crippen molar-refractivity contribution < 1.29 is 9.90 Å². The van der Waals surface area contributed by atoms with Crippen LogP contribution in [-0.4, -0.2) is 18.1 Å². The highest BCUT2D eigenvalue weighted by molar-refractivity contribution is 5.92. The summed E-state index contributed by atoms with van der Waals surface area (Å²) in [7, 11) is 1.57. The molecule has 0 fully saturated rings. The van der Waals surface area contributed by atoms with Gasteiger partial charge in [-0.25, -0.2) is 0 Å². The molecule has 0 aromatic heterocycles. The summed E-state index contributed by atoms with van der Waals surface area (Å²) >= 11 is 0. The average molecular weight is 267 g/mol. The van der Waals surface area contributed by atoms with Crippen molar-refractivity contribution in [2.75, 3.05) is 7.05 Å². The van der Waals surface area contributed by atoms with E-state index in [9.17, 15) is 9.90 Å². The minimum Gasteiger partial charge on any atom is -0.507 e. The van der Waals surface area contributed by atoms with Crippen molar-refractivity contribution in [2.24, 2.45) is 0 Å². The van der Waals surface area contributed by atoms with Crippen molar-refractivity contribution >= 4 is 12.0 Å². The molecule has 0 spiro atoms. The van der Waals surface area contributed by atoms with Crippen LogP contribution in [0.5, 0.6) is 5.75 Å². The van der Waals surface area contributed by atoms with E-state index in [-0.39, 0.29) is 11.7 Å². The standard InChI is InChI=1S/C17H17NO2/c1-12-10-16(19)14(8-9-17(20)18-2)11-15(12)13-6-4-3-5-7-13/h3-11,19H,1-2H3,(H,18,20)/b9-8+. The summed E-state index contributed by atoms with van der Waals surface area (Å²) in [4.78, 5) is 11.2. The van der Waals surface area contributed by atoms with Gasteiger partial charge in [-0.1, -0.05) is 30.3 Å². The summed E-state index contributed by atoms with van der Waals surface area (Å²) in [5.74, 6) is -0.0337. The van der Waals surface area contributed by atoms with Crippen LogP contribution < -0.4 is 5.32 Å². The number of hydrogen-bond acceptors (Lipinski definition) is 2. The second kappa shape index (κ2) is 6.06. The zero-order valence-corrected chi connectivity index (χ0v) is 11.6. The highest BCUT2D eigenvalue weighted by Gasteiger charge is 2.06. The number of amides is 1. The molecule has 3 heteroatoms. The number of hydrogen-bond donors (Lipinski definition) is 2. The number of phenols is 1. The first-order valence-corrected chi connectivity index (χ1v) is 6.40. The van der Waals surface area contributed by atoms with Crippen LogP contribution in [0.4, 0.5) is 0 Å². The van der Waals surface area contributed by atoms with Crippen LogP contribution in [-0.2, 0) is 4.79 Å². The Morgan fingerprint density at radius 3 is 2.55 bits per heavy atom. The van der Waals surface area contributed by atoms with Crippen LogP contribution >= 0.6 is 0 Å². The van der Waals surface area contributed by atoms with E-state index in [0.717, 1.165) is 16.7 Å². The van der Waals surface area contributed by atoms with Crippen LogP contribution in [0.1, 0.15) is 11.1 Å². The molecule has 0 heterocycles. The lowest BCUT2D eigenvalue weighted by atomic mass is 9.97. The Morgan fingerprint density at radius 1 is 1.20 bits per heavy atom. The summed E-state index contributed by atoms with van der Waals surface area (Å²) in [6.45, 7) is 1.95. The summed E-state index contributed by atoms with van der Waals surface area (Å²) in [6.07, 6.45) is 3.01. The third-order valence-corrected chi connectivity index (χ3v) is 3.12. The van der Waals surface area contributed by atoms with Gasteiger partial charge in [-0.15, -0.1) is 0 Å². The molecule has 0 saturated carbocycles. The summed E-state index contributed by atoms with van der Waals surface area (Å²) in [5, 5.41) is 12.5. The lowest BCUT2D eigenvalue weighted by Crippen LogP contribution is -2.13. The molecule has 1 amide bonds. The molecule has 2 aromatic rings. The molecule has 0 radical (unpaired) electrons. The van der Waals surface area contributed by atoms with Gasteiger partial charge in [0, 0.05) is 18.7 Å². The molecule has 2 N–H and O–H groups in total. The fourth-order valence-corrected chi connectivity index (χ4v) is 2.02. The fourth-order valence-electron chi connectivity index (χ4n) is 2.02. The zero-order valence-electron chi connectivity index (χ0n) is 11.6. The minimum absolute atomic E-state index is 0.169. The van der Waals surface area contributed by atoms with Crippen LogP contribution in [0.15, 0.2) is 48.5 Å². The van der Waals surface area contributed by atoms with Crippen molar-refractivity contribution in [1.29, 1.82) is 0 Å². The highest BCUT2D eigenvalue weighted by atomic mass is 16.3. The van der Waals surface area contributed by atoms with Gasteiger partial charge in [0.25, 0.3) is 0 Å². The van der Waals surface area contributed by atoms with Crippen molar-refractivity contribution in [3.63, 3.8) is 0 Å². The Hall–Kier alpha value is -2.55. The molecule has 0 aliphatic carbocycles. The van der Waals surface area contributed by atoms with Gasteiger partial charge in [-0.3, -0.25) is 4.79 Å². The number of aromatic hydroxyl groups is 1. The number of rotatable bonds is 3. The number of benzene rings is 2. The molecule has 102 valence electrons. The Balaban J connectivity index is 2.45. The van der Waals surface area contributed by atoms with Crippen molar-refractivity contribution in [3.8, 4) is 16.9 Å². The average Bonchev–Trinajstić information content (AvgIpc) is 2.47. The molecule has 2 rings (SSSR count). The van der Waals surface area contributed by atoms with E-state index in [1.165, 1.54) is 6.08 Å². The van der Waals surface area contributed by atoms with E-state index in [1.54, 1.807) is 19.2 Å². The summed E-state index contributed by atoms with van der Waals surface area (Å²) in [6, 6.07) is 13.6. The molecule has 0 bridgehead atoms. The maximum absolute atomic E-state index is 11.2. The summed E-state index contributed by atoms with van der Waals surface area (Å²) < 4.78 is 0. The predicted molar refractivity (Wildman–Crippen MR) is 81.4 cm³/mol. The number of phenolic OH excluding ortho intramolecular Hbond substituents is 1. The molecule has 0 aliphatic heterocycles. The lowest BCUT2D eigenvalue weighted by molar-refractivity contribution is -0.115. The third kappa shape index (κ3) is 3.06. The van der Waals surface area contributed by atoms with Crippen molar-refractivity contribution in [1.82, 2.24) is 5.32 Å². The van der Waals surface area contributed by atoms with E-state index >= 15 is 0 Å². The number of aryl methyl sites for hydroxylation is 1. The molecule has 3 nitrogen and oxygen atoms in total. The first-order chi connectivity index (χ1) is 9.61. The van der Waals surface area contributed by atoms with Crippen LogP contribution in [0.3, 0.4) is 0 Å². The normalized spacial score (nSPS) is 10.7. The molecule has 0 atom stereocenters. The van der Waals surface area contributed by atoms with Crippen LogP contribution in [0, 0.1) is 6.92 Å². The molecule has 0 aliphatic rings. The quantitative estimate of drug-likeness (QED) is 0.839. The Morgan fingerprint density at radius 2 is 1.90 bits per heavy atom. The second-order valence-corrected chi connectivity index (χ2v) is 4.54. The highest BCUT2D eigenvalue weighted by Crippen LogP contribution is 2.30. The monoisotopic (exact) mass is 267 g/mol. The Labute approximate surface area is 118 Å². The van der Waals surface area contributed by atoms with Gasteiger partial charge >= 0.3 is 0 Å².